The highest BCUT2D eigenvalue weighted by molar-refractivity contribution is 6.00. The minimum Gasteiger partial charge on any atom is -0.480 e. The molecule has 4 amide bonds. The van der Waals surface area contributed by atoms with Crippen LogP contribution in [-0.4, -0.2) is 88.0 Å². The number of aliphatic hydroxyl groups is 1. The van der Waals surface area contributed by atoms with Crippen molar-refractivity contribution in [1.82, 2.24) is 20.4 Å². The Morgan fingerprint density at radius 1 is 1.10 bits per heavy atom. The molecule has 3 N–H and O–H groups in total. The number of likely N-dealkylation sites (N-methyl/N-ethyl adjacent to an activating group) is 1. The molecule has 1 aromatic carbocycles. The number of amides is 4. The normalized spacial score (nSPS) is 19.0. The van der Waals surface area contributed by atoms with Crippen LogP contribution in [0.4, 0.5) is 0 Å². The number of carbonyl (C=O) groups is 4. The van der Waals surface area contributed by atoms with Crippen LogP contribution in [0.2, 0.25) is 0 Å². The van der Waals surface area contributed by atoms with Crippen molar-refractivity contribution in [2.75, 3.05) is 13.6 Å². The Morgan fingerprint density at radius 2 is 1.72 bits per heavy atom. The molecule has 0 bridgehead atoms. The third-order valence-electron chi connectivity index (χ3n) is 6.58. The second kappa shape index (κ2) is 13.3. The number of likely N-dealkylation sites (tertiary alicyclic amines) is 1. The van der Waals surface area contributed by atoms with Gasteiger partial charge in [-0.25, -0.2) is 0 Å². The van der Waals surface area contributed by atoms with Gasteiger partial charge < -0.3 is 30.3 Å². The van der Waals surface area contributed by atoms with Crippen LogP contribution >= 0.6 is 0 Å². The van der Waals surface area contributed by atoms with E-state index in [2.05, 4.69) is 10.6 Å². The number of ether oxygens (including phenoxy) is 1. The monoisotopic (exact) mass is 546 g/mol. The Morgan fingerprint density at radius 3 is 2.28 bits per heavy atom. The number of aliphatic hydroxyl groups excluding tert-OH is 1. The van der Waals surface area contributed by atoms with Crippen molar-refractivity contribution in [2.45, 2.75) is 104 Å². The summed E-state index contributed by atoms with van der Waals surface area (Å²) in [5, 5.41) is 16.0. The van der Waals surface area contributed by atoms with Crippen molar-refractivity contribution in [2.24, 2.45) is 5.92 Å². The smallest absolute Gasteiger partial charge is 0.261 e. The van der Waals surface area contributed by atoms with Crippen LogP contribution in [0, 0.1) is 5.92 Å². The fraction of sp³-hybridized carbons (Fsp3) is 0.655. The van der Waals surface area contributed by atoms with Gasteiger partial charge in [0.1, 0.15) is 17.8 Å². The predicted octanol–water partition coefficient (Wildman–Crippen LogP) is 2.34. The Bertz CT molecular complexity index is 1030. The molecule has 39 heavy (non-hydrogen) atoms. The van der Waals surface area contributed by atoms with E-state index in [1.54, 1.807) is 43.1 Å². The third-order valence-corrected chi connectivity index (χ3v) is 6.58. The fourth-order valence-electron chi connectivity index (χ4n) is 4.38. The maximum atomic E-state index is 13.7. The molecular weight excluding hydrogens is 500 g/mol. The lowest BCUT2D eigenvalue weighted by Crippen LogP contribution is -2.54. The molecule has 2 rings (SSSR count). The fourth-order valence-corrected chi connectivity index (χ4v) is 4.38. The largest absolute Gasteiger partial charge is 0.480 e. The van der Waals surface area contributed by atoms with E-state index in [1.165, 1.54) is 4.90 Å². The number of hydrogen-bond acceptors (Lipinski definition) is 6. The average molecular weight is 547 g/mol. The molecule has 0 unspecified atom stereocenters. The summed E-state index contributed by atoms with van der Waals surface area (Å²) in [6, 6.07) is 4.75. The molecule has 0 radical (unpaired) electrons. The molecule has 1 fully saturated rings. The molecule has 0 aliphatic carbocycles. The van der Waals surface area contributed by atoms with Gasteiger partial charge in [0.05, 0.1) is 11.7 Å². The summed E-state index contributed by atoms with van der Waals surface area (Å²) in [7, 11) is 1.67. The molecule has 0 saturated carbocycles. The number of benzene rings is 1. The van der Waals surface area contributed by atoms with Gasteiger partial charge in [-0.3, -0.25) is 19.2 Å². The van der Waals surface area contributed by atoms with Crippen LogP contribution in [0.25, 0.3) is 0 Å². The molecule has 10 heteroatoms. The van der Waals surface area contributed by atoms with Gasteiger partial charge in [0.2, 0.25) is 11.8 Å². The quantitative estimate of drug-likeness (QED) is 0.413. The zero-order chi connectivity index (χ0) is 29.7. The van der Waals surface area contributed by atoms with Crippen LogP contribution in [-0.2, 0) is 14.4 Å². The first-order chi connectivity index (χ1) is 18.0. The summed E-state index contributed by atoms with van der Waals surface area (Å²) in [5.41, 5.74) is -0.259. The van der Waals surface area contributed by atoms with Crippen LogP contribution in [0.15, 0.2) is 24.3 Å². The summed E-state index contributed by atoms with van der Waals surface area (Å²) in [5.74, 6) is -1.24. The molecule has 4 atom stereocenters. The van der Waals surface area contributed by atoms with E-state index in [1.807, 2.05) is 48.5 Å². The summed E-state index contributed by atoms with van der Waals surface area (Å²) in [4.78, 5) is 55.8. The van der Waals surface area contributed by atoms with Gasteiger partial charge in [-0.2, -0.15) is 0 Å². The van der Waals surface area contributed by atoms with Gasteiger partial charge in [-0.15, -0.1) is 0 Å². The van der Waals surface area contributed by atoms with Gasteiger partial charge in [0, 0.05) is 31.6 Å². The van der Waals surface area contributed by atoms with Crippen molar-refractivity contribution in [3.05, 3.63) is 29.8 Å². The van der Waals surface area contributed by atoms with E-state index >= 15 is 0 Å². The van der Waals surface area contributed by atoms with Crippen LogP contribution in [0.5, 0.6) is 5.75 Å². The second-order valence-corrected chi connectivity index (χ2v) is 12.1. The van der Waals surface area contributed by atoms with E-state index in [4.69, 9.17) is 4.74 Å². The Labute approximate surface area is 232 Å². The Hall–Kier alpha value is -3.14. The minimum atomic E-state index is -0.919. The molecule has 10 nitrogen and oxygen atoms in total. The van der Waals surface area contributed by atoms with Crippen molar-refractivity contribution >= 4 is 23.6 Å². The van der Waals surface area contributed by atoms with Crippen molar-refractivity contribution in [1.29, 1.82) is 0 Å². The van der Waals surface area contributed by atoms with Crippen LogP contribution in [0.3, 0.4) is 0 Å². The highest BCUT2D eigenvalue weighted by Gasteiger charge is 2.43. The van der Waals surface area contributed by atoms with Gasteiger partial charge in [0.25, 0.3) is 11.8 Å². The minimum absolute atomic E-state index is 0.0196. The molecule has 1 aromatic rings. The maximum absolute atomic E-state index is 13.7. The zero-order valence-corrected chi connectivity index (χ0v) is 24.8. The Balaban J connectivity index is 2.27. The molecule has 0 aromatic heterocycles. The lowest BCUT2D eigenvalue weighted by molar-refractivity contribution is -0.145. The first-order valence-electron chi connectivity index (χ1n) is 13.7. The third kappa shape index (κ3) is 8.95. The van der Waals surface area contributed by atoms with E-state index in [-0.39, 0.29) is 48.1 Å². The molecule has 0 spiro atoms. The SMILES string of the molecule is CC(C)C[C@@H](NC(=O)c1ccccc1O[C@H](C)C(=O)NC(C)(C)C)C(=O)N1C[C@@H](O)C[C@@H]1C(=O)N(C)C(C)C. The topological polar surface area (TPSA) is 128 Å². The molecule has 1 aliphatic rings. The highest BCUT2D eigenvalue weighted by atomic mass is 16.5. The van der Waals surface area contributed by atoms with Gasteiger partial charge in [-0.1, -0.05) is 26.0 Å². The lowest BCUT2D eigenvalue weighted by Gasteiger charge is -2.32. The second-order valence-electron chi connectivity index (χ2n) is 12.1. The van der Waals surface area contributed by atoms with Crippen LogP contribution in [0.1, 0.15) is 78.6 Å². The van der Waals surface area contributed by atoms with E-state index in [0.717, 1.165) is 0 Å². The first-order valence-corrected chi connectivity index (χ1v) is 13.7. The number of rotatable bonds is 10. The summed E-state index contributed by atoms with van der Waals surface area (Å²) >= 11 is 0. The van der Waals surface area contributed by atoms with Gasteiger partial charge in [0.15, 0.2) is 6.10 Å². The number of hydrogen-bond donors (Lipinski definition) is 3. The number of nitrogens with one attached hydrogen (secondary N) is 2. The predicted molar refractivity (Wildman–Crippen MR) is 149 cm³/mol. The Kier molecular flexibility index (Phi) is 10.9. The molecular formula is C29H46N4O6. The maximum Gasteiger partial charge on any atom is 0.261 e. The van der Waals surface area contributed by atoms with Crippen molar-refractivity contribution < 1.29 is 29.0 Å². The summed E-state index contributed by atoms with van der Waals surface area (Å²) in [6.45, 7) is 14.8. The number of β-amino-alcohol motifs (C(OH)–C–C–N with tert-alkyl or cyclic N) is 1. The number of nitrogens with zero attached hydrogens (tertiary/aromatic N) is 2. The molecule has 1 saturated heterocycles. The van der Waals surface area contributed by atoms with E-state index in [0.29, 0.717) is 6.42 Å². The first kappa shape index (κ1) is 32.1. The summed E-state index contributed by atoms with van der Waals surface area (Å²) < 4.78 is 5.86. The average Bonchev–Trinajstić information content (AvgIpc) is 3.22. The molecule has 1 heterocycles. The van der Waals surface area contributed by atoms with E-state index in [9.17, 15) is 24.3 Å². The van der Waals surface area contributed by atoms with Crippen LogP contribution < -0.4 is 15.4 Å². The zero-order valence-electron chi connectivity index (χ0n) is 24.8. The highest BCUT2D eigenvalue weighted by Crippen LogP contribution is 2.24. The molecule has 1 aliphatic heterocycles. The van der Waals surface area contributed by atoms with Crippen molar-refractivity contribution in [3.8, 4) is 5.75 Å². The number of carbonyl (C=O) groups excluding carboxylic acids is 4. The van der Waals surface area contributed by atoms with E-state index < -0.39 is 41.6 Å². The van der Waals surface area contributed by atoms with Gasteiger partial charge in [-0.05, 0) is 66.0 Å². The van der Waals surface area contributed by atoms with Gasteiger partial charge >= 0.3 is 0 Å². The standard InChI is InChI=1S/C29H46N4O6/c1-17(2)14-22(27(37)33-16-20(34)15-23(33)28(38)32(9)18(3)4)30-26(36)21-12-10-11-13-24(21)39-19(5)25(35)31-29(6,7)8/h10-13,17-20,22-23,34H,14-16H2,1-9H3,(H,30,36)(H,31,35)/t19-,20+,22-,23-/m1/s1. The molecule has 218 valence electrons. The van der Waals surface area contributed by atoms with Crippen molar-refractivity contribution in [3.63, 3.8) is 0 Å². The summed E-state index contributed by atoms with van der Waals surface area (Å²) in [6.07, 6.45) is -1.20. The number of para-hydroxylation sites is 1. The lowest BCUT2D eigenvalue weighted by atomic mass is 10.0.